The van der Waals surface area contributed by atoms with Crippen LogP contribution in [0.15, 0.2) is 24.4 Å². The minimum atomic E-state index is 0.651. The van der Waals surface area contributed by atoms with E-state index in [9.17, 15) is 0 Å². The van der Waals surface area contributed by atoms with E-state index in [-0.39, 0.29) is 0 Å². The van der Waals surface area contributed by atoms with Crippen molar-refractivity contribution in [1.29, 1.82) is 0 Å². The monoisotopic (exact) mass is 295 g/mol. The molecule has 22 heavy (non-hydrogen) atoms. The lowest BCUT2D eigenvalue weighted by molar-refractivity contribution is 0.243. The molecule has 0 radical (unpaired) electrons. The average molecular weight is 295 g/mol. The molecule has 3 heteroatoms. The summed E-state index contributed by atoms with van der Waals surface area (Å²) in [5.41, 5.74) is 3.25. The molecule has 0 amide bonds. The summed E-state index contributed by atoms with van der Waals surface area (Å²) >= 11 is 0. The van der Waals surface area contributed by atoms with Gasteiger partial charge in [-0.2, -0.15) is 0 Å². The van der Waals surface area contributed by atoms with E-state index in [1.54, 1.807) is 0 Å². The smallest absolute Gasteiger partial charge is 0.211 e. The molecule has 0 unspecified atom stereocenters. The Bertz CT molecular complexity index is 676. The fourth-order valence-electron chi connectivity index (χ4n) is 3.95. The summed E-state index contributed by atoms with van der Waals surface area (Å²) in [5.74, 6) is 1.41. The third-order valence-electron chi connectivity index (χ3n) is 5.28. The number of H-pyrrole nitrogens is 1. The Morgan fingerprint density at radius 2 is 2.09 bits per heavy atom. The molecule has 1 aliphatic rings. The third kappa shape index (κ3) is 2.76. The highest BCUT2D eigenvalue weighted by molar-refractivity contribution is 5.93. The molecule has 2 atom stereocenters. The molecule has 1 N–H and O–H groups in total. The topological polar surface area (TPSA) is 23.4 Å². The fourth-order valence-corrected chi connectivity index (χ4v) is 3.95. The van der Waals surface area contributed by atoms with E-state index in [1.807, 2.05) is 6.20 Å². The van der Waals surface area contributed by atoms with Crippen LogP contribution in [0, 0.1) is 12.5 Å². The van der Waals surface area contributed by atoms with E-state index in [0.717, 1.165) is 35.6 Å². The number of hydrogen-bond donors (Lipinski definition) is 1. The van der Waals surface area contributed by atoms with Crippen molar-refractivity contribution in [2.75, 3.05) is 19.6 Å². The van der Waals surface area contributed by atoms with Crippen molar-refractivity contribution >= 4 is 16.6 Å². The van der Waals surface area contributed by atoms with E-state index in [1.165, 1.54) is 31.4 Å². The van der Waals surface area contributed by atoms with E-state index in [2.05, 4.69) is 46.8 Å². The molecule has 0 spiro atoms. The van der Waals surface area contributed by atoms with Crippen molar-refractivity contribution in [3.05, 3.63) is 41.4 Å². The number of hydrogen-bond acceptors (Lipinski definition) is 1. The minimum Gasteiger partial charge on any atom is -0.372 e. The number of benzene rings is 1. The Morgan fingerprint density at radius 3 is 2.82 bits per heavy atom. The molecule has 3 nitrogen and oxygen atoms in total. The zero-order chi connectivity index (χ0) is 15.5. The Balaban J connectivity index is 1.87. The molecule has 116 valence electrons. The van der Waals surface area contributed by atoms with Crippen molar-refractivity contribution in [2.24, 2.45) is 5.92 Å². The standard InChI is InChI=1S/C19H25N3/c1-4-22(5-2)13-15-7-6-8-16(15)14-9-10-18-17(11-14)19(20-3)12-21-18/h9-12,15-16,21H,4-8,13H2,1-2H3/t15-,16-/m1/s1. The Labute approximate surface area is 133 Å². The first-order chi connectivity index (χ1) is 10.8. The molecule has 1 fully saturated rings. The second-order valence-corrected chi connectivity index (χ2v) is 6.37. The summed E-state index contributed by atoms with van der Waals surface area (Å²) in [6, 6.07) is 6.66. The molecule has 1 saturated carbocycles. The molecule has 2 aromatic rings. The van der Waals surface area contributed by atoms with Crippen LogP contribution in [0.1, 0.15) is 44.6 Å². The van der Waals surface area contributed by atoms with Crippen LogP contribution in [0.5, 0.6) is 0 Å². The molecular formula is C19H25N3. The van der Waals surface area contributed by atoms with Crippen molar-refractivity contribution in [2.45, 2.75) is 39.0 Å². The lowest BCUT2D eigenvalue weighted by atomic mass is 9.88. The van der Waals surface area contributed by atoms with Gasteiger partial charge < -0.3 is 9.88 Å². The molecule has 3 rings (SSSR count). The van der Waals surface area contributed by atoms with E-state index in [0.29, 0.717) is 5.92 Å². The SMILES string of the molecule is [C-]#[N+]c1c[nH]c2ccc([C@H]3CCC[C@@H]3CN(CC)CC)cc12. The van der Waals surface area contributed by atoms with Gasteiger partial charge in [0.25, 0.3) is 0 Å². The number of fused-ring (bicyclic) bond motifs is 1. The Kier molecular flexibility index (Phi) is 4.49. The van der Waals surface area contributed by atoms with Crippen LogP contribution in [0.2, 0.25) is 0 Å². The minimum absolute atomic E-state index is 0.651. The van der Waals surface area contributed by atoms with Crippen molar-refractivity contribution in [3.63, 3.8) is 0 Å². The second kappa shape index (κ2) is 6.54. The lowest BCUT2D eigenvalue weighted by Crippen LogP contribution is -2.30. The maximum absolute atomic E-state index is 7.30. The van der Waals surface area contributed by atoms with Crippen LogP contribution < -0.4 is 0 Å². The third-order valence-corrected chi connectivity index (χ3v) is 5.28. The van der Waals surface area contributed by atoms with Gasteiger partial charge in [0.2, 0.25) is 5.69 Å². The first kappa shape index (κ1) is 15.1. The number of rotatable bonds is 5. The lowest BCUT2D eigenvalue weighted by Gasteiger charge is -2.27. The summed E-state index contributed by atoms with van der Waals surface area (Å²) in [7, 11) is 0. The van der Waals surface area contributed by atoms with Crippen LogP contribution in [0.3, 0.4) is 0 Å². The van der Waals surface area contributed by atoms with Gasteiger partial charge in [0.1, 0.15) is 0 Å². The zero-order valence-corrected chi connectivity index (χ0v) is 13.6. The number of nitrogens with one attached hydrogen (secondary N) is 1. The van der Waals surface area contributed by atoms with Gasteiger partial charge >= 0.3 is 0 Å². The molecule has 1 aromatic carbocycles. The van der Waals surface area contributed by atoms with Gasteiger partial charge in [0, 0.05) is 23.6 Å². The highest BCUT2D eigenvalue weighted by atomic mass is 15.1. The summed E-state index contributed by atoms with van der Waals surface area (Å²) in [5, 5.41) is 1.08. The second-order valence-electron chi connectivity index (χ2n) is 6.37. The number of nitrogens with zero attached hydrogens (tertiary/aromatic N) is 2. The molecule has 0 aliphatic heterocycles. The Morgan fingerprint density at radius 1 is 1.27 bits per heavy atom. The largest absolute Gasteiger partial charge is 0.372 e. The molecule has 1 heterocycles. The van der Waals surface area contributed by atoms with Crippen LogP contribution in [0.4, 0.5) is 5.69 Å². The highest BCUT2D eigenvalue weighted by Crippen LogP contribution is 2.41. The molecular weight excluding hydrogens is 270 g/mol. The summed E-state index contributed by atoms with van der Waals surface area (Å²) in [6.45, 7) is 15.3. The van der Waals surface area contributed by atoms with Gasteiger partial charge in [-0.05, 0) is 49.4 Å². The van der Waals surface area contributed by atoms with Crippen LogP contribution in [0.25, 0.3) is 15.7 Å². The summed E-state index contributed by atoms with van der Waals surface area (Å²) in [4.78, 5) is 9.37. The van der Waals surface area contributed by atoms with Crippen molar-refractivity contribution in [3.8, 4) is 0 Å². The molecule has 1 aliphatic carbocycles. The van der Waals surface area contributed by atoms with Crippen LogP contribution in [-0.4, -0.2) is 29.5 Å². The first-order valence-electron chi connectivity index (χ1n) is 8.47. The van der Waals surface area contributed by atoms with Crippen molar-refractivity contribution < 1.29 is 0 Å². The van der Waals surface area contributed by atoms with Gasteiger partial charge in [-0.3, -0.25) is 0 Å². The first-order valence-corrected chi connectivity index (χ1v) is 8.47. The maximum Gasteiger partial charge on any atom is 0.211 e. The summed E-state index contributed by atoms with van der Waals surface area (Å²) in [6.07, 6.45) is 5.78. The Hall–Kier alpha value is -1.79. The van der Waals surface area contributed by atoms with Gasteiger partial charge in [0.15, 0.2) is 0 Å². The molecule has 0 bridgehead atoms. The van der Waals surface area contributed by atoms with Gasteiger partial charge in [-0.15, -0.1) is 0 Å². The summed E-state index contributed by atoms with van der Waals surface area (Å²) < 4.78 is 0. The van der Waals surface area contributed by atoms with Crippen LogP contribution >= 0.6 is 0 Å². The molecule has 0 saturated heterocycles. The zero-order valence-electron chi connectivity index (χ0n) is 13.6. The average Bonchev–Trinajstić information content (AvgIpc) is 3.18. The molecule has 1 aromatic heterocycles. The number of aromatic nitrogens is 1. The predicted octanol–water partition coefficient (Wildman–Crippen LogP) is 4.94. The van der Waals surface area contributed by atoms with Gasteiger partial charge in [0.05, 0.1) is 6.57 Å². The van der Waals surface area contributed by atoms with E-state index >= 15 is 0 Å². The van der Waals surface area contributed by atoms with Gasteiger partial charge in [-0.1, -0.05) is 32.4 Å². The fraction of sp³-hybridized carbons (Fsp3) is 0.526. The normalized spacial score (nSPS) is 21.5. The maximum atomic E-state index is 7.30. The highest BCUT2D eigenvalue weighted by Gasteiger charge is 2.29. The van der Waals surface area contributed by atoms with Gasteiger partial charge in [-0.25, -0.2) is 4.85 Å². The number of aromatic amines is 1. The van der Waals surface area contributed by atoms with Crippen LogP contribution in [-0.2, 0) is 0 Å². The quantitative estimate of drug-likeness (QED) is 0.776. The van der Waals surface area contributed by atoms with E-state index in [4.69, 9.17) is 6.57 Å². The predicted molar refractivity (Wildman–Crippen MR) is 92.4 cm³/mol. The van der Waals surface area contributed by atoms with Crippen molar-refractivity contribution in [1.82, 2.24) is 9.88 Å². The van der Waals surface area contributed by atoms with E-state index < -0.39 is 0 Å².